The standard InChI is InChI=1S/C27H30N2O3.2C2H6/c1-2-26(30)29-15-12-24(13-16-29)27(31-17-4-18-32-27)23-10-8-20(9-11-23)22-7-6-21-5-3-14-28-25(21)19-22;2*1-2/h3,5-11,14,19,24H,2,4,12-13,15-18H2,1H3;2*1-2H3. The van der Waals surface area contributed by atoms with E-state index in [0.717, 1.165) is 59.9 Å². The second-order valence-corrected chi connectivity index (χ2v) is 8.71. The molecule has 0 radical (unpaired) electrons. The molecule has 0 aliphatic carbocycles. The van der Waals surface area contributed by atoms with Gasteiger partial charge in [-0.05, 0) is 42.5 Å². The van der Waals surface area contributed by atoms with Crippen LogP contribution in [-0.2, 0) is 20.1 Å². The predicted octanol–water partition coefficient (Wildman–Crippen LogP) is 7.19. The van der Waals surface area contributed by atoms with E-state index in [4.69, 9.17) is 9.47 Å². The van der Waals surface area contributed by atoms with Crippen LogP contribution in [-0.4, -0.2) is 42.1 Å². The monoisotopic (exact) mass is 490 g/mol. The lowest BCUT2D eigenvalue weighted by atomic mass is 9.83. The number of hydrogen-bond donors (Lipinski definition) is 0. The maximum absolute atomic E-state index is 12.1. The fourth-order valence-electron chi connectivity index (χ4n) is 5.06. The van der Waals surface area contributed by atoms with Crippen LogP contribution in [0.4, 0.5) is 0 Å². The summed E-state index contributed by atoms with van der Waals surface area (Å²) in [6.07, 6.45) is 5.09. The Morgan fingerprint density at radius 1 is 0.944 bits per heavy atom. The molecule has 2 fully saturated rings. The van der Waals surface area contributed by atoms with E-state index in [2.05, 4.69) is 53.5 Å². The van der Waals surface area contributed by atoms with Gasteiger partial charge in [0.25, 0.3) is 0 Å². The summed E-state index contributed by atoms with van der Waals surface area (Å²) in [5.41, 5.74) is 4.36. The van der Waals surface area contributed by atoms with Gasteiger partial charge in [0.1, 0.15) is 0 Å². The second kappa shape index (κ2) is 13.5. The Kier molecular flexibility index (Phi) is 10.4. The highest BCUT2D eigenvalue weighted by Crippen LogP contribution is 2.43. The van der Waals surface area contributed by atoms with Crippen LogP contribution >= 0.6 is 0 Å². The minimum absolute atomic E-state index is 0.234. The Labute approximate surface area is 216 Å². The van der Waals surface area contributed by atoms with Gasteiger partial charge in [0.15, 0.2) is 5.79 Å². The number of rotatable bonds is 4. The van der Waals surface area contributed by atoms with Crippen molar-refractivity contribution in [3.63, 3.8) is 0 Å². The number of ether oxygens (including phenoxy) is 2. The lowest BCUT2D eigenvalue weighted by Gasteiger charge is -2.46. The molecule has 194 valence electrons. The second-order valence-electron chi connectivity index (χ2n) is 8.71. The van der Waals surface area contributed by atoms with E-state index in [1.54, 1.807) is 0 Å². The summed E-state index contributed by atoms with van der Waals surface area (Å²) in [6.45, 7) is 12.9. The van der Waals surface area contributed by atoms with Crippen LogP contribution in [0.1, 0.15) is 65.9 Å². The SMILES string of the molecule is CC.CC.CCC(=O)N1CCC(C2(c3ccc(-c4ccc5cccnc5c4)cc3)OCCCO2)CC1. The normalized spacial score (nSPS) is 17.4. The average molecular weight is 491 g/mol. The van der Waals surface area contributed by atoms with Crippen LogP contribution in [0.15, 0.2) is 60.8 Å². The summed E-state index contributed by atoms with van der Waals surface area (Å²) >= 11 is 0. The summed E-state index contributed by atoms with van der Waals surface area (Å²) in [4.78, 5) is 18.6. The maximum Gasteiger partial charge on any atom is 0.222 e. The van der Waals surface area contributed by atoms with E-state index in [1.165, 1.54) is 0 Å². The van der Waals surface area contributed by atoms with Gasteiger partial charge in [0, 0.05) is 42.6 Å². The quantitative estimate of drug-likeness (QED) is 0.388. The zero-order valence-corrected chi connectivity index (χ0v) is 22.6. The number of hydrogen-bond acceptors (Lipinski definition) is 4. The molecule has 2 aliphatic heterocycles. The zero-order valence-electron chi connectivity index (χ0n) is 22.6. The Hall–Kier alpha value is -2.76. The van der Waals surface area contributed by atoms with Crippen LogP contribution in [0, 0.1) is 5.92 Å². The summed E-state index contributed by atoms with van der Waals surface area (Å²) in [7, 11) is 0. The summed E-state index contributed by atoms with van der Waals surface area (Å²) in [5, 5.41) is 1.14. The van der Waals surface area contributed by atoms with Crippen molar-refractivity contribution in [3.05, 3.63) is 66.4 Å². The van der Waals surface area contributed by atoms with Crippen LogP contribution in [0.25, 0.3) is 22.0 Å². The van der Waals surface area contributed by atoms with Crippen molar-refractivity contribution >= 4 is 16.8 Å². The van der Waals surface area contributed by atoms with Gasteiger partial charge in [0.2, 0.25) is 5.91 Å². The van der Waals surface area contributed by atoms with Crippen LogP contribution < -0.4 is 0 Å². The molecular formula is C31H42N2O3. The highest BCUT2D eigenvalue weighted by atomic mass is 16.7. The minimum Gasteiger partial charge on any atom is -0.346 e. The van der Waals surface area contributed by atoms with E-state index in [9.17, 15) is 4.79 Å². The van der Waals surface area contributed by atoms with Crippen molar-refractivity contribution in [1.29, 1.82) is 0 Å². The lowest BCUT2D eigenvalue weighted by molar-refractivity contribution is -0.309. The molecule has 2 saturated heterocycles. The number of likely N-dealkylation sites (tertiary alicyclic amines) is 1. The Morgan fingerprint density at radius 2 is 1.58 bits per heavy atom. The number of carbonyl (C=O) groups is 1. The lowest BCUT2D eigenvalue weighted by Crippen LogP contribution is -2.49. The molecule has 5 heteroatoms. The molecule has 1 amide bonds. The molecule has 3 heterocycles. The van der Waals surface area contributed by atoms with Crippen LogP contribution in [0.5, 0.6) is 0 Å². The number of aromatic nitrogens is 1. The molecule has 0 saturated carbocycles. The predicted molar refractivity (Wildman–Crippen MR) is 148 cm³/mol. The number of benzene rings is 2. The van der Waals surface area contributed by atoms with Crippen molar-refractivity contribution in [2.24, 2.45) is 5.92 Å². The van der Waals surface area contributed by atoms with E-state index in [0.29, 0.717) is 19.6 Å². The van der Waals surface area contributed by atoms with Gasteiger partial charge in [-0.2, -0.15) is 0 Å². The number of fused-ring (bicyclic) bond motifs is 1. The van der Waals surface area contributed by atoms with Crippen LogP contribution in [0.2, 0.25) is 0 Å². The maximum atomic E-state index is 12.1. The average Bonchev–Trinajstić information content (AvgIpc) is 2.99. The molecule has 3 aromatic rings. The van der Waals surface area contributed by atoms with Crippen LogP contribution in [0.3, 0.4) is 0 Å². The van der Waals surface area contributed by atoms with Crippen molar-refractivity contribution in [2.75, 3.05) is 26.3 Å². The van der Waals surface area contributed by atoms with Gasteiger partial charge in [-0.25, -0.2) is 0 Å². The van der Waals surface area contributed by atoms with E-state index < -0.39 is 5.79 Å². The summed E-state index contributed by atoms with van der Waals surface area (Å²) < 4.78 is 12.8. The fourth-order valence-corrected chi connectivity index (χ4v) is 5.06. The summed E-state index contributed by atoms with van der Waals surface area (Å²) in [6, 6.07) is 19.0. The Balaban J connectivity index is 0.000000861. The molecule has 0 unspecified atom stereocenters. The molecule has 1 aromatic heterocycles. The molecule has 0 atom stereocenters. The number of carbonyl (C=O) groups excluding carboxylic acids is 1. The van der Waals surface area contributed by atoms with Crippen molar-refractivity contribution in [2.45, 2.75) is 66.1 Å². The Bertz CT molecular complexity index is 1080. The van der Waals surface area contributed by atoms with Gasteiger partial charge < -0.3 is 14.4 Å². The van der Waals surface area contributed by atoms with Gasteiger partial charge >= 0.3 is 0 Å². The molecule has 5 nitrogen and oxygen atoms in total. The summed E-state index contributed by atoms with van der Waals surface area (Å²) in [5.74, 6) is -0.250. The van der Waals surface area contributed by atoms with E-state index in [1.807, 2.05) is 51.8 Å². The minimum atomic E-state index is -0.719. The number of nitrogens with zero attached hydrogens (tertiary/aromatic N) is 2. The van der Waals surface area contributed by atoms with Crippen molar-refractivity contribution < 1.29 is 14.3 Å². The number of amides is 1. The molecule has 5 rings (SSSR count). The first-order valence-electron chi connectivity index (χ1n) is 13.7. The largest absolute Gasteiger partial charge is 0.346 e. The number of piperidine rings is 1. The molecule has 2 aromatic carbocycles. The molecule has 36 heavy (non-hydrogen) atoms. The van der Waals surface area contributed by atoms with Gasteiger partial charge in [-0.15, -0.1) is 0 Å². The first kappa shape index (κ1) is 27.8. The zero-order chi connectivity index (χ0) is 26.0. The van der Waals surface area contributed by atoms with E-state index in [-0.39, 0.29) is 11.8 Å². The third kappa shape index (κ3) is 5.96. The highest BCUT2D eigenvalue weighted by molar-refractivity contribution is 5.84. The van der Waals surface area contributed by atoms with E-state index >= 15 is 0 Å². The van der Waals surface area contributed by atoms with Gasteiger partial charge in [0.05, 0.1) is 18.7 Å². The fraction of sp³-hybridized carbons (Fsp3) is 0.484. The van der Waals surface area contributed by atoms with Crippen molar-refractivity contribution in [3.8, 4) is 11.1 Å². The smallest absolute Gasteiger partial charge is 0.222 e. The molecule has 2 aliphatic rings. The Morgan fingerprint density at radius 3 is 2.22 bits per heavy atom. The van der Waals surface area contributed by atoms with Crippen molar-refractivity contribution in [1.82, 2.24) is 9.88 Å². The third-order valence-electron chi connectivity index (χ3n) is 6.84. The topological polar surface area (TPSA) is 51.7 Å². The molecular weight excluding hydrogens is 448 g/mol. The third-order valence-corrected chi connectivity index (χ3v) is 6.84. The first-order valence-corrected chi connectivity index (χ1v) is 13.7. The van der Waals surface area contributed by atoms with Gasteiger partial charge in [-0.1, -0.05) is 77.1 Å². The molecule has 0 bridgehead atoms. The number of pyridine rings is 1. The molecule has 0 spiro atoms. The molecule has 0 N–H and O–H groups in total. The highest BCUT2D eigenvalue weighted by Gasteiger charge is 2.45. The first-order chi connectivity index (χ1) is 17.7. The van der Waals surface area contributed by atoms with Gasteiger partial charge in [-0.3, -0.25) is 9.78 Å².